The lowest BCUT2D eigenvalue weighted by Gasteiger charge is -2.07. The summed E-state index contributed by atoms with van der Waals surface area (Å²) >= 11 is 0. The Kier molecular flexibility index (Phi) is 3.43. The van der Waals surface area contributed by atoms with Gasteiger partial charge in [-0.25, -0.2) is 4.98 Å². The van der Waals surface area contributed by atoms with Gasteiger partial charge in [-0.2, -0.15) is 0 Å². The fraction of sp³-hybridized carbons (Fsp3) is 0.267. The summed E-state index contributed by atoms with van der Waals surface area (Å²) in [7, 11) is 0. The van der Waals surface area contributed by atoms with E-state index < -0.39 is 0 Å². The van der Waals surface area contributed by atoms with Crippen LogP contribution in [0.3, 0.4) is 0 Å². The topological polar surface area (TPSA) is 33.1 Å². The van der Waals surface area contributed by atoms with E-state index in [1.165, 1.54) is 11.1 Å². The van der Waals surface area contributed by atoms with E-state index in [9.17, 15) is 5.11 Å². The molecule has 2 aromatic rings. The van der Waals surface area contributed by atoms with Crippen molar-refractivity contribution in [3.8, 4) is 5.88 Å². The first-order valence-electron chi connectivity index (χ1n) is 5.92. The smallest absolute Gasteiger partial charge is 0.214 e. The molecule has 0 spiro atoms. The van der Waals surface area contributed by atoms with E-state index in [2.05, 4.69) is 36.2 Å². The molecule has 0 unspecified atom stereocenters. The van der Waals surface area contributed by atoms with Gasteiger partial charge < -0.3 is 5.11 Å². The minimum atomic E-state index is 0.143. The van der Waals surface area contributed by atoms with Gasteiger partial charge >= 0.3 is 0 Å². The van der Waals surface area contributed by atoms with Crippen LogP contribution in [0.25, 0.3) is 0 Å². The first kappa shape index (κ1) is 11.6. The third kappa shape index (κ3) is 2.64. The Bertz CT molecular complexity index is 483. The first-order chi connectivity index (χ1) is 8.20. The van der Waals surface area contributed by atoms with Crippen molar-refractivity contribution in [1.29, 1.82) is 0 Å². The van der Waals surface area contributed by atoms with Crippen LogP contribution >= 0.6 is 0 Å². The molecule has 1 aromatic carbocycles. The molecule has 0 aliphatic rings. The summed E-state index contributed by atoms with van der Waals surface area (Å²) in [6.07, 6.45) is 3.42. The number of hydrogen-bond acceptors (Lipinski definition) is 2. The normalized spacial score (nSPS) is 10.5. The molecule has 0 bridgehead atoms. The predicted molar refractivity (Wildman–Crippen MR) is 69.3 cm³/mol. The van der Waals surface area contributed by atoms with Gasteiger partial charge in [0.15, 0.2) is 0 Å². The highest BCUT2D eigenvalue weighted by atomic mass is 16.3. The maximum atomic E-state index is 9.74. The molecular weight excluding hydrogens is 210 g/mol. The quantitative estimate of drug-likeness (QED) is 0.873. The lowest BCUT2D eigenvalue weighted by Crippen LogP contribution is -1.94. The highest BCUT2D eigenvalue weighted by Crippen LogP contribution is 2.21. The maximum absolute atomic E-state index is 9.74. The van der Waals surface area contributed by atoms with Crippen molar-refractivity contribution < 1.29 is 5.11 Å². The largest absolute Gasteiger partial charge is 0.493 e. The Balaban J connectivity index is 2.25. The summed E-state index contributed by atoms with van der Waals surface area (Å²) in [4.78, 5) is 3.93. The molecule has 2 heteroatoms. The number of aryl methyl sites for hydroxylation is 2. The third-order valence-electron chi connectivity index (χ3n) is 3.08. The van der Waals surface area contributed by atoms with Gasteiger partial charge in [0, 0.05) is 18.2 Å². The molecule has 1 heterocycles. The van der Waals surface area contributed by atoms with Crippen LogP contribution in [0, 0.1) is 6.92 Å². The monoisotopic (exact) mass is 227 g/mol. The molecule has 0 aliphatic carbocycles. The molecule has 0 fully saturated rings. The standard InChI is InChI=1S/C15H17NO/c1-3-12-4-6-13(7-5-12)10-14-11(2)8-9-16-15(14)17/h4-9H,3,10H2,1-2H3,(H,16,17). The molecule has 1 aromatic heterocycles. The number of rotatable bonds is 3. The van der Waals surface area contributed by atoms with E-state index in [4.69, 9.17) is 0 Å². The van der Waals surface area contributed by atoms with Gasteiger partial charge in [-0.05, 0) is 36.1 Å². The van der Waals surface area contributed by atoms with E-state index in [1.54, 1.807) is 6.20 Å². The van der Waals surface area contributed by atoms with Crippen LogP contribution in [0.4, 0.5) is 0 Å². The highest BCUT2D eigenvalue weighted by Gasteiger charge is 2.06. The molecule has 2 nitrogen and oxygen atoms in total. The van der Waals surface area contributed by atoms with Crippen molar-refractivity contribution in [3.63, 3.8) is 0 Å². The Hall–Kier alpha value is -1.83. The second-order valence-corrected chi connectivity index (χ2v) is 4.28. The summed E-state index contributed by atoms with van der Waals surface area (Å²) in [5.74, 6) is 0.143. The van der Waals surface area contributed by atoms with E-state index in [0.29, 0.717) is 0 Å². The molecule has 0 amide bonds. The predicted octanol–water partition coefficient (Wildman–Crippen LogP) is 3.25. The maximum Gasteiger partial charge on any atom is 0.214 e. The van der Waals surface area contributed by atoms with Gasteiger partial charge in [0.05, 0.1) is 0 Å². The summed E-state index contributed by atoms with van der Waals surface area (Å²) in [5, 5.41) is 9.74. The van der Waals surface area contributed by atoms with E-state index >= 15 is 0 Å². The molecule has 0 saturated carbocycles. The second kappa shape index (κ2) is 5.00. The van der Waals surface area contributed by atoms with Crippen molar-refractivity contribution in [2.45, 2.75) is 26.7 Å². The first-order valence-corrected chi connectivity index (χ1v) is 5.92. The molecule has 0 aliphatic heterocycles. The molecule has 2 rings (SSSR count). The average Bonchev–Trinajstić information content (AvgIpc) is 2.35. The van der Waals surface area contributed by atoms with E-state index in [1.807, 2.05) is 13.0 Å². The van der Waals surface area contributed by atoms with E-state index in [-0.39, 0.29) is 5.88 Å². The van der Waals surface area contributed by atoms with Crippen molar-refractivity contribution >= 4 is 0 Å². The lowest BCUT2D eigenvalue weighted by molar-refractivity contribution is 0.446. The van der Waals surface area contributed by atoms with Crippen LogP contribution in [-0.2, 0) is 12.8 Å². The number of aromatic nitrogens is 1. The molecule has 1 N–H and O–H groups in total. The number of hydrogen-bond donors (Lipinski definition) is 1. The van der Waals surface area contributed by atoms with Gasteiger partial charge in [-0.15, -0.1) is 0 Å². The van der Waals surface area contributed by atoms with Gasteiger partial charge in [0.2, 0.25) is 5.88 Å². The fourth-order valence-corrected chi connectivity index (χ4v) is 1.89. The van der Waals surface area contributed by atoms with Crippen LogP contribution in [0.2, 0.25) is 0 Å². The lowest BCUT2D eigenvalue weighted by atomic mass is 10.0. The minimum absolute atomic E-state index is 0.143. The van der Waals surface area contributed by atoms with Gasteiger partial charge in [0.1, 0.15) is 0 Å². The molecule has 17 heavy (non-hydrogen) atoms. The van der Waals surface area contributed by atoms with Crippen LogP contribution in [-0.4, -0.2) is 10.1 Å². The third-order valence-corrected chi connectivity index (χ3v) is 3.08. The number of pyridine rings is 1. The Morgan fingerprint density at radius 2 is 1.71 bits per heavy atom. The van der Waals surface area contributed by atoms with Crippen molar-refractivity contribution in [2.24, 2.45) is 0 Å². The van der Waals surface area contributed by atoms with Crippen LogP contribution < -0.4 is 0 Å². The zero-order chi connectivity index (χ0) is 12.3. The molecule has 0 radical (unpaired) electrons. The van der Waals surface area contributed by atoms with E-state index in [0.717, 1.165) is 24.0 Å². The van der Waals surface area contributed by atoms with Gasteiger partial charge in [-0.3, -0.25) is 0 Å². The minimum Gasteiger partial charge on any atom is -0.493 e. The molecule has 0 saturated heterocycles. The second-order valence-electron chi connectivity index (χ2n) is 4.28. The van der Waals surface area contributed by atoms with Crippen molar-refractivity contribution in [3.05, 3.63) is 58.8 Å². The average molecular weight is 227 g/mol. The van der Waals surface area contributed by atoms with Crippen LogP contribution in [0.15, 0.2) is 36.5 Å². The van der Waals surface area contributed by atoms with Crippen molar-refractivity contribution in [1.82, 2.24) is 4.98 Å². The summed E-state index contributed by atoms with van der Waals surface area (Å²) in [5.41, 5.74) is 4.53. The molecule has 0 atom stereocenters. The van der Waals surface area contributed by atoms with Gasteiger partial charge in [0.25, 0.3) is 0 Å². The fourth-order valence-electron chi connectivity index (χ4n) is 1.89. The number of benzene rings is 1. The zero-order valence-corrected chi connectivity index (χ0v) is 10.3. The Labute approximate surface area is 102 Å². The zero-order valence-electron chi connectivity index (χ0n) is 10.3. The summed E-state index contributed by atoms with van der Waals surface area (Å²) < 4.78 is 0. The SMILES string of the molecule is CCc1ccc(Cc2c(C)ccnc2O)cc1. The molecule has 88 valence electrons. The number of aromatic hydroxyl groups is 1. The van der Waals surface area contributed by atoms with Crippen LogP contribution in [0.1, 0.15) is 29.2 Å². The highest BCUT2D eigenvalue weighted by molar-refractivity contribution is 5.37. The summed E-state index contributed by atoms with van der Waals surface area (Å²) in [6.45, 7) is 4.14. The molecular formula is C15H17NO. The summed E-state index contributed by atoms with van der Waals surface area (Å²) in [6, 6.07) is 10.4. The Morgan fingerprint density at radius 1 is 1.06 bits per heavy atom. The van der Waals surface area contributed by atoms with Crippen LogP contribution in [0.5, 0.6) is 5.88 Å². The Morgan fingerprint density at radius 3 is 2.29 bits per heavy atom. The van der Waals surface area contributed by atoms with Gasteiger partial charge in [-0.1, -0.05) is 31.2 Å². The number of nitrogens with zero attached hydrogens (tertiary/aromatic N) is 1. The van der Waals surface area contributed by atoms with Crippen molar-refractivity contribution in [2.75, 3.05) is 0 Å².